The SMILES string of the molecule is CCCCC(=O)Nc1cc(CC(=S)OCC(C)C)c(Cl)cc1F. The lowest BCUT2D eigenvalue weighted by Gasteiger charge is -2.13. The van der Waals surface area contributed by atoms with Gasteiger partial charge in [-0.2, -0.15) is 0 Å². The smallest absolute Gasteiger partial charge is 0.224 e. The van der Waals surface area contributed by atoms with Crippen LogP contribution in [0.25, 0.3) is 0 Å². The Balaban J connectivity index is 2.78. The summed E-state index contributed by atoms with van der Waals surface area (Å²) in [6.45, 7) is 6.57. The van der Waals surface area contributed by atoms with Gasteiger partial charge < -0.3 is 10.1 Å². The highest BCUT2D eigenvalue weighted by Crippen LogP contribution is 2.25. The van der Waals surface area contributed by atoms with Crippen molar-refractivity contribution in [3.05, 3.63) is 28.5 Å². The molecule has 0 radical (unpaired) electrons. The maximum atomic E-state index is 13.9. The summed E-state index contributed by atoms with van der Waals surface area (Å²) in [4.78, 5) is 11.8. The van der Waals surface area contributed by atoms with Crippen molar-refractivity contribution in [2.45, 2.75) is 46.5 Å². The molecule has 0 atom stereocenters. The number of anilines is 1. The lowest BCUT2D eigenvalue weighted by atomic mass is 10.1. The van der Waals surface area contributed by atoms with Gasteiger partial charge in [0.05, 0.1) is 12.3 Å². The minimum absolute atomic E-state index is 0.122. The first kappa shape index (κ1) is 19.8. The van der Waals surface area contributed by atoms with Crippen LogP contribution < -0.4 is 5.32 Å². The van der Waals surface area contributed by atoms with Crippen molar-refractivity contribution in [1.29, 1.82) is 0 Å². The Bertz CT molecular complexity index is 564. The number of halogens is 2. The molecule has 23 heavy (non-hydrogen) atoms. The molecule has 0 heterocycles. The second-order valence-electron chi connectivity index (χ2n) is 5.83. The zero-order valence-electron chi connectivity index (χ0n) is 13.7. The number of thiocarbonyl (C=S) groups is 1. The predicted molar refractivity (Wildman–Crippen MR) is 96.7 cm³/mol. The second-order valence-corrected chi connectivity index (χ2v) is 6.69. The third kappa shape index (κ3) is 7.27. The molecule has 0 fully saturated rings. The van der Waals surface area contributed by atoms with Crippen molar-refractivity contribution in [3.63, 3.8) is 0 Å². The average Bonchev–Trinajstić information content (AvgIpc) is 2.47. The van der Waals surface area contributed by atoms with Gasteiger partial charge in [-0.3, -0.25) is 4.79 Å². The van der Waals surface area contributed by atoms with Crippen LogP contribution in [0.15, 0.2) is 12.1 Å². The van der Waals surface area contributed by atoms with E-state index in [1.807, 2.05) is 20.8 Å². The van der Waals surface area contributed by atoms with Gasteiger partial charge in [0.15, 0.2) is 5.05 Å². The normalized spacial score (nSPS) is 10.7. The summed E-state index contributed by atoms with van der Waals surface area (Å²) in [5, 5.41) is 3.25. The van der Waals surface area contributed by atoms with Crippen LogP contribution in [0.5, 0.6) is 0 Å². The number of hydrogen-bond acceptors (Lipinski definition) is 3. The summed E-state index contributed by atoms with van der Waals surface area (Å²) in [6.07, 6.45) is 2.34. The quantitative estimate of drug-likeness (QED) is 0.652. The zero-order chi connectivity index (χ0) is 17.4. The summed E-state index contributed by atoms with van der Waals surface area (Å²) in [5.74, 6) is -0.402. The third-order valence-electron chi connectivity index (χ3n) is 3.08. The van der Waals surface area contributed by atoms with E-state index in [4.69, 9.17) is 28.6 Å². The van der Waals surface area contributed by atoms with Gasteiger partial charge in [0.2, 0.25) is 5.91 Å². The van der Waals surface area contributed by atoms with Crippen LogP contribution in [0, 0.1) is 11.7 Å². The molecule has 6 heteroatoms. The molecule has 1 N–H and O–H groups in total. The van der Waals surface area contributed by atoms with Gasteiger partial charge in [-0.15, -0.1) is 0 Å². The molecule has 1 amide bonds. The fourth-order valence-corrected chi connectivity index (χ4v) is 2.28. The third-order valence-corrected chi connectivity index (χ3v) is 3.69. The standard InChI is InChI=1S/C17H23ClFNO2S/c1-4-5-6-16(21)20-15-7-12(13(18)9-14(15)19)8-17(23)22-10-11(2)3/h7,9,11H,4-6,8,10H2,1-3H3,(H,20,21). The molecule has 0 aliphatic heterocycles. The average molecular weight is 360 g/mol. The zero-order valence-corrected chi connectivity index (χ0v) is 15.3. The number of nitrogens with one attached hydrogen (secondary N) is 1. The number of ether oxygens (including phenoxy) is 1. The predicted octanol–water partition coefficient (Wildman–Crippen LogP) is 5.15. The van der Waals surface area contributed by atoms with E-state index in [-0.39, 0.29) is 16.6 Å². The summed E-state index contributed by atoms with van der Waals surface area (Å²) in [5.41, 5.74) is 0.754. The molecular weight excluding hydrogens is 337 g/mol. The largest absolute Gasteiger partial charge is 0.486 e. The van der Waals surface area contributed by atoms with Crippen molar-refractivity contribution >= 4 is 40.5 Å². The summed E-state index contributed by atoms with van der Waals surface area (Å²) < 4.78 is 19.4. The van der Waals surface area contributed by atoms with Crippen molar-refractivity contribution in [1.82, 2.24) is 0 Å². The van der Waals surface area contributed by atoms with Crippen LogP contribution in [0.1, 0.15) is 45.6 Å². The van der Waals surface area contributed by atoms with Gasteiger partial charge in [-0.05, 0) is 42.3 Å². The highest BCUT2D eigenvalue weighted by Gasteiger charge is 2.13. The van der Waals surface area contributed by atoms with Crippen LogP contribution in [0.2, 0.25) is 5.02 Å². The molecule has 0 saturated carbocycles. The van der Waals surface area contributed by atoms with Gasteiger partial charge in [0.1, 0.15) is 5.82 Å². The first-order chi connectivity index (χ1) is 10.8. The van der Waals surface area contributed by atoms with Crippen LogP contribution in [-0.4, -0.2) is 17.6 Å². The Hall–Kier alpha value is -1.20. The Labute approximate surface area is 147 Å². The van der Waals surface area contributed by atoms with Crippen LogP contribution in [-0.2, 0) is 16.0 Å². The molecule has 0 bridgehead atoms. The van der Waals surface area contributed by atoms with Crippen LogP contribution in [0.4, 0.5) is 10.1 Å². The van der Waals surface area contributed by atoms with E-state index in [2.05, 4.69) is 5.32 Å². The molecule has 0 aliphatic carbocycles. The molecule has 0 spiro atoms. The van der Waals surface area contributed by atoms with E-state index < -0.39 is 5.82 Å². The number of unbranched alkanes of at least 4 members (excludes halogenated alkanes) is 1. The summed E-state index contributed by atoms with van der Waals surface area (Å²) >= 11 is 11.2. The molecule has 0 saturated heterocycles. The fraction of sp³-hybridized carbons (Fsp3) is 0.529. The minimum atomic E-state index is -0.558. The molecule has 1 aromatic rings. The van der Waals surface area contributed by atoms with Gasteiger partial charge in [-0.25, -0.2) is 4.39 Å². The lowest BCUT2D eigenvalue weighted by Crippen LogP contribution is -2.14. The molecule has 0 aromatic heterocycles. The van der Waals surface area contributed by atoms with Gasteiger partial charge in [0, 0.05) is 17.9 Å². The number of carbonyl (C=O) groups excluding carboxylic acids is 1. The number of benzene rings is 1. The lowest BCUT2D eigenvalue weighted by molar-refractivity contribution is -0.116. The van der Waals surface area contributed by atoms with Crippen molar-refractivity contribution in [3.8, 4) is 0 Å². The highest BCUT2D eigenvalue weighted by molar-refractivity contribution is 7.80. The number of rotatable bonds is 8. The fourth-order valence-electron chi connectivity index (χ4n) is 1.84. The molecule has 0 unspecified atom stereocenters. The van der Waals surface area contributed by atoms with Crippen molar-refractivity contribution in [2.75, 3.05) is 11.9 Å². The Kier molecular flexibility index (Phi) is 8.48. The van der Waals surface area contributed by atoms with Crippen molar-refractivity contribution in [2.24, 2.45) is 5.92 Å². The first-order valence-corrected chi connectivity index (χ1v) is 8.55. The monoisotopic (exact) mass is 359 g/mol. The summed E-state index contributed by atoms with van der Waals surface area (Å²) in [6, 6.07) is 2.71. The molecule has 128 valence electrons. The Morgan fingerprint density at radius 3 is 2.74 bits per heavy atom. The van der Waals surface area contributed by atoms with Crippen molar-refractivity contribution < 1.29 is 13.9 Å². The first-order valence-electron chi connectivity index (χ1n) is 7.76. The van der Waals surface area contributed by atoms with E-state index in [9.17, 15) is 9.18 Å². The number of amides is 1. The summed E-state index contributed by atoms with van der Waals surface area (Å²) in [7, 11) is 0. The number of hydrogen-bond donors (Lipinski definition) is 1. The molecule has 3 nitrogen and oxygen atoms in total. The Morgan fingerprint density at radius 2 is 2.13 bits per heavy atom. The maximum absolute atomic E-state index is 13.9. The van der Waals surface area contributed by atoms with Gasteiger partial charge in [-0.1, -0.05) is 38.8 Å². The van der Waals surface area contributed by atoms with E-state index in [1.165, 1.54) is 12.1 Å². The molecule has 1 aromatic carbocycles. The van der Waals surface area contributed by atoms with Crippen LogP contribution in [0.3, 0.4) is 0 Å². The van der Waals surface area contributed by atoms with E-state index in [0.29, 0.717) is 36.0 Å². The number of carbonyl (C=O) groups is 1. The van der Waals surface area contributed by atoms with Gasteiger partial charge in [0.25, 0.3) is 0 Å². The van der Waals surface area contributed by atoms with E-state index >= 15 is 0 Å². The van der Waals surface area contributed by atoms with E-state index in [0.717, 1.165) is 12.8 Å². The maximum Gasteiger partial charge on any atom is 0.224 e. The molecule has 0 aliphatic rings. The molecule has 1 rings (SSSR count). The van der Waals surface area contributed by atoms with Crippen LogP contribution >= 0.6 is 23.8 Å². The van der Waals surface area contributed by atoms with E-state index in [1.54, 1.807) is 0 Å². The molecular formula is C17H23ClFNO2S. The second kappa shape index (κ2) is 9.83. The van der Waals surface area contributed by atoms with Gasteiger partial charge >= 0.3 is 0 Å². The Morgan fingerprint density at radius 1 is 1.43 bits per heavy atom. The minimum Gasteiger partial charge on any atom is -0.486 e. The topological polar surface area (TPSA) is 38.3 Å². The highest BCUT2D eigenvalue weighted by atomic mass is 35.5.